The lowest BCUT2D eigenvalue weighted by molar-refractivity contribution is -0.149. The molecule has 5 rings (SSSR count). The number of benzene rings is 3. The van der Waals surface area contributed by atoms with Crippen molar-refractivity contribution < 1.29 is 28.6 Å². The summed E-state index contributed by atoms with van der Waals surface area (Å²) >= 11 is 6.43. The Morgan fingerprint density at radius 1 is 1.07 bits per heavy atom. The van der Waals surface area contributed by atoms with Crippen molar-refractivity contribution in [1.29, 1.82) is 0 Å². The molecule has 1 atom stereocenters. The van der Waals surface area contributed by atoms with E-state index in [2.05, 4.69) is 20.6 Å². The molecule has 1 aliphatic carbocycles. The Bertz CT molecular complexity index is 1660. The van der Waals surface area contributed by atoms with Crippen molar-refractivity contribution in [1.82, 2.24) is 9.97 Å². The summed E-state index contributed by atoms with van der Waals surface area (Å²) in [5, 5.41) is 16.5. The van der Waals surface area contributed by atoms with Crippen molar-refractivity contribution in [2.24, 2.45) is 17.1 Å². The summed E-state index contributed by atoms with van der Waals surface area (Å²) in [6.45, 7) is 0.142. The summed E-state index contributed by atoms with van der Waals surface area (Å²) in [4.78, 5) is 45.1. The summed E-state index contributed by atoms with van der Waals surface area (Å²) in [5.41, 5.74) is 6.24. The minimum Gasteiger partial charge on any atom is -0.487 e. The largest absolute Gasteiger partial charge is 0.487 e. The van der Waals surface area contributed by atoms with E-state index in [9.17, 15) is 23.9 Å². The second-order valence-electron chi connectivity index (χ2n) is 9.82. The molecule has 1 unspecified atom stereocenters. The molecule has 1 aromatic heterocycles. The molecule has 41 heavy (non-hydrogen) atoms. The van der Waals surface area contributed by atoms with Gasteiger partial charge in [-0.25, -0.2) is 14.4 Å². The SMILES string of the molecule is NC(=O)CC(C(=O)Nc1ccc2ncnc(Nc3ccc(OCc4cccc(F)c4)c(Cl)c3)c2c1)C1(C(=O)O)CC1. The summed E-state index contributed by atoms with van der Waals surface area (Å²) < 4.78 is 19.2. The number of halogens is 2. The number of fused-ring (bicyclic) bond motifs is 1. The molecule has 210 valence electrons. The van der Waals surface area contributed by atoms with Gasteiger partial charge in [0.25, 0.3) is 0 Å². The average Bonchev–Trinajstić information content (AvgIpc) is 3.74. The van der Waals surface area contributed by atoms with E-state index in [4.69, 9.17) is 22.1 Å². The molecule has 2 amide bonds. The van der Waals surface area contributed by atoms with Gasteiger partial charge in [0.05, 0.1) is 21.9 Å². The van der Waals surface area contributed by atoms with Crippen molar-refractivity contribution in [3.05, 3.63) is 83.4 Å². The fraction of sp³-hybridized carbons (Fsp3) is 0.207. The number of carboxylic acids is 1. The summed E-state index contributed by atoms with van der Waals surface area (Å²) in [5.74, 6) is -3.08. The van der Waals surface area contributed by atoms with Crippen molar-refractivity contribution in [2.75, 3.05) is 10.6 Å². The zero-order chi connectivity index (χ0) is 29.1. The van der Waals surface area contributed by atoms with Crippen LogP contribution >= 0.6 is 11.6 Å². The number of hydrogen-bond acceptors (Lipinski definition) is 7. The number of amides is 2. The smallest absolute Gasteiger partial charge is 0.310 e. The summed E-state index contributed by atoms with van der Waals surface area (Å²) in [6, 6.07) is 16.1. The van der Waals surface area contributed by atoms with Crippen LogP contribution < -0.4 is 21.1 Å². The van der Waals surface area contributed by atoms with E-state index in [-0.39, 0.29) is 18.8 Å². The first-order chi connectivity index (χ1) is 19.6. The molecule has 12 heteroatoms. The van der Waals surface area contributed by atoms with Gasteiger partial charge in [-0.05, 0) is 66.9 Å². The molecule has 5 N–H and O–H groups in total. The normalized spacial score (nSPS) is 14.2. The van der Waals surface area contributed by atoms with Gasteiger partial charge in [0, 0.05) is 23.2 Å². The highest BCUT2D eigenvalue weighted by molar-refractivity contribution is 6.32. The van der Waals surface area contributed by atoms with Gasteiger partial charge in [-0.1, -0.05) is 23.7 Å². The number of nitrogens with two attached hydrogens (primary N) is 1. The van der Waals surface area contributed by atoms with Crippen LogP contribution in [0.4, 0.5) is 21.6 Å². The molecule has 1 aliphatic rings. The zero-order valence-electron chi connectivity index (χ0n) is 21.6. The van der Waals surface area contributed by atoms with Gasteiger partial charge in [-0.15, -0.1) is 0 Å². The van der Waals surface area contributed by atoms with Crippen LogP contribution in [0.25, 0.3) is 10.9 Å². The van der Waals surface area contributed by atoms with E-state index in [1.807, 2.05) is 0 Å². The van der Waals surface area contributed by atoms with E-state index in [0.29, 0.717) is 57.3 Å². The molecule has 1 fully saturated rings. The molecule has 1 heterocycles. The van der Waals surface area contributed by atoms with E-state index in [1.165, 1.54) is 18.5 Å². The van der Waals surface area contributed by atoms with E-state index >= 15 is 0 Å². The lowest BCUT2D eigenvalue weighted by Gasteiger charge is -2.22. The van der Waals surface area contributed by atoms with Crippen LogP contribution in [0.1, 0.15) is 24.8 Å². The fourth-order valence-electron chi connectivity index (χ4n) is 4.67. The molecule has 4 aromatic rings. The summed E-state index contributed by atoms with van der Waals surface area (Å²) in [7, 11) is 0. The third-order valence-corrected chi connectivity index (χ3v) is 7.28. The number of anilines is 3. The molecule has 3 aromatic carbocycles. The Hall–Kier alpha value is -4.77. The third-order valence-electron chi connectivity index (χ3n) is 6.98. The van der Waals surface area contributed by atoms with Crippen molar-refractivity contribution in [2.45, 2.75) is 25.9 Å². The monoisotopic (exact) mass is 577 g/mol. The van der Waals surface area contributed by atoms with Crippen LogP contribution in [0, 0.1) is 17.2 Å². The lowest BCUT2D eigenvalue weighted by atomic mass is 9.85. The number of hydrogen-bond donors (Lipinski definition) is 4. The third kappa shape index (κ3) is 6.20. The minimum absolute atomic E-state index is 0.142. The number of ether oxygens (including phenoxy) is 1. The fourth-order valence-corrected chi connectivity index (χ4v) is 4.90. The van der Waals surface area contributed by atoms with Crippen LogP contribution in [0.3, 0.4) is 0 Å². The lowest BCUT2D eigenvalue weighted by Crippen LogP contribution is -2.38. The Morgan fingerprint density at radius 3 is 2.54 bits per heavy atom. The zero-order valence-corrected chi connectivity index (χ0v) is 22.3. The molecule has 1 saturated carbocycles. The molecule has 10 nitrogen and oxygen atoms in total. The number of carbonyl (C=O) groups excluding carboxylic acids is 2. The maximum absolute atomic E-state index is 13.4. The van der Waals surface area contributed by atoms with Crippen molar-refractivity contribution >= 4 is 57.5 Å². The average molecular weight is 578 g/mol. The van der Waals surface area contributed by atoms with E-state index in [0.717, 1.165) is 0 Å². The standard InChI is InChI=1S/C29H25ClFN5O5/c30-22-12-19(5-7-24(22)41-14-16-2-1-3-17(31)10-16)35-26-20-11-18(4-6-23(20)33-15-34-26)36-27(38)21(13-25(32)37)29(8-9-29)28(39)40/h1-7,10-12,15,21H,8-9,13-14H2,(H2,32,37)(H,36,38)(H,39,40)(H,33,34,35). The highest BCUT2D eigenvalue weighted by Crippen LogP contribution is 2.53. The number of carboxylic acid groups (broad SMARTS) is 1. The number of nitrogens with one attached hydrogen (secondary N) is 2. The Labute approximate surface area is 238 Å². The number of aliphatic carboxylic acids is 1. The Kier molecular flexibility index (Phi) is 7.71. The number of rotatable bonds is 11. The first-order valence-corrected chi connectivity index (χ1v) is 13.0. The quantitative estimate of drug-likeness (QED) is 0.193. The molecule has 0 aliphatic heterocycles. The topological polar surface area (TPSA) is 157 Å². The number of carbonyl (C=O) groups is 3. The van der Waals surface area contributed by atoms with Gasteiger partial charge in [-0.2, -0.15) is 0 Å². The molecular formula is C29H25ClFN5O5. The van der Waals surface area contributed by atoms with E-state index < -0.39 is 29.1 Å². The first-order valence-electron chi connectivity index (χ1n) is 12.7. The Balaban J connectivity index is 1.33. The highest BCUT2D eigenvalue weighted by Gasteiger charge is 2.58. The van der Waals surface area contributed by atoms with Crippen molar-refractivity contribution in [3.8, 4) is 5.75 Å². The number of primary amides is 1. The highest BCUT2D eigenvalue weighted by atomic mass is 35.5. The van der Waals surface area contributed by atoms with Crippen LogP contribution in [0.2, 0.25) is 5.02 Å². The molecule has 0 saturated heterocycles. The van der Waals surface area contributed by atoms with Gasteiger partial charge in [-0.3, -0.25) is 14.4 Å². The van der Waals surface area contributed by atoms with Crippen LogP contribution in [-0.4, -0.2) is 32.9 Å². The van der Waals surface area contributed by atoms with E-state index in [1.54, 1.807) is 48.5 Å². The predicted molar refractivity (Wildman–Crippen MR) is 150 cm³/mol. The van der Waals surface area contributed by atoms with Gasteiger partial charge in [0.1, 0.15) is 30.3 Å². The molecule has 0 spiro atoms. The van der Waals surface area contributed by atoms with Crippen LogP contribution in [0.5, 0.6) is 5.75 Å². The molecule has 0 bridgehead atoms. The number of nitrogens with zero attached hydrogens (tertiary/aromatic N) is 2. The first kappa shape index (κ1) is 27.8. The predicted octanol–water partition coefficient (Wildman–Crippen LogP) is 5.04. The number of aromatic nitrogens is 2. The Morgan fingerprint density at radius 2 is 1.85 bits per heavy atom. The van der Waals surface area contributed by atoms with Gasteiger partial charge in [0.15, 0.2) is 0 Å². The van der Waals surface area contributed by atoms with Gasteiger partial charge in [0.2, 0.25) is 11.8 Å². The van der Waals surface area contributed by atoms with Crippen molar-refractivity contribution in [3.63, 3.8) is 0 Å². The van der Waals surface area contributed by atoms with Crippen LogP contribution in [-0.2, 0) is 21.0 Å². The molecular weight excluding hydrogens is 553 g/mol. The second-order valence-corrected chi connectivity index (χ2v) is 10.2. The maximum Gasteiger partial charge on any atom is 0.310 e. The minimum atomic E-state index is -1.29. The van der Waals surface area contributed by atoms with Gasteiger partial charge < -0.3 is 26.2 Å². The van der Waals surface area contributed by atoms with Gasteiger partial charge >= 0.3 is 5.97 Å². The second kappa shape index (κ2) is 11.4. The molecule has 0 radical (unpaired) electrons. The maximum atomic E-state index is 13.4. The summed E-state index contributed by atoms with van der Waals surface area (Å²) in [6.07, 6.45) is 1.60. The van der Waals surface area contributed by atoms with Crippen LogP contribution in [0.15, 0.2) is 67.0 Å².